The molecule has 1 atom stereocenters. The average molecular weight is 367 g/mol. The van der Waals surface area contributed by atoms with E-state index in [4.69, 9.17) is 34.8 Å². The van der Waals surface area contributed by atoms with E-state index in [1.54, 1.807) is 11.0 Å². The van der Waals surface area contributed by atoms with Crippen LogP contribution >= 0.6 is 34.8 Å². The van der Waals surface area contributed by atoms with Gasteiger partial charge in [-0.1, -0.05) is 47.5 Å². The highest BCUT2D eigenvalue weighted by Crippen LogP contribution is 2.45. The van der Waals surface area contributed by atoms with Gasteiger partial charge >= 0.3 is 0 Å². The lowest BCUT2D eigenvalue weighted by Crippen LogP contribution is -2.31. The SMILES string of the molecule is CC(n1cncn1)C(Cl)(c1ccc(Cl)cc1)c1ccc(Cl)cc1. The Morgan fingerprint density at radius 2 is 1.39 bits per heavy atom. The van der Waals surface area contributed by atoms with Gasteiger partial charge in [0.25, 0.3) is 0 Å². The molecule has 6 heteroatoms. The Kier molecular flexibility index (Phi) is 4.62. The standard InChI is InChI=1S/C17H14Cl3N3/c1-12(23-11-21-10-22-23)17(20,13-2-6-15(18)7-3-13)14-4-8-16(19)9-5-14/h2-12H,1H3. The van der Waals surface area contributed by atoms with Crippen LogP contribution in [0.4, 0.5) is 0 Å². The van der Waals surface area contributed by atoms with Gasteiger partial charge in [-0.3, -0.25) is 0 Å². The lowest BCUT2D eigenvalue weighted by Gasteiger charge is -2.34. The zero-order valence-corrected chi connectivity index (χ0v) is 14.6. The number of hydrogen-bond donors (Lipinski definition) is 0. The molecule has 0 N–H and O–H groups in total. The lowest BCUT2D eigenvalue weighted by atomic mass is 9.85. The van der Waals surface area contributed by atoms with Crippen LogP contribution in [0.15, 0.2) is 61.2 Å². The van der Waals surface area contributed by atoms with Crippen LogP contribution in [0.2, 0.25) is 10.0 Å². The average Bonchev–Trinajstić information content (AvgIpc) is 3.09. The van der Waals surface area contributed by atoms with Crippen molar-refractivity contribution < 1.29 is 0 Å². The number of alkyl halides is 1. The first-order chi connectivity index (χ1) is 11.0. The summed E-state index contributed by atoms with van der Waals surface area (Å²) in [6, 6.07) is 14.9. The third-order valence-electron chi connectivity index (χ3n) is 3.94. The van der Waals surface area contributed by atoms with Crippen molar-refractivity contribution in [3.05, 3.63) is 82.4 Å². The Balaban J connectivity index is 2.16. The molecule has 0 fully saturated rings. The summed E-state index contributed by atoms with van der Waals surface area (Å²) < 4.78 is 1.75. The van der Waals surface area contributed by atoms with Crippen molar-refractivity contribution >= 4 is 34.8 Å². The fourth-order valence-corrected chi connectivity index (χ4v) is 3.24. The zero-order valence-electron chi connectivity index (χ0n) is 12.3. The first kappa shape index (κ1) is 16.3. The monoisotopic (exact) mass is 365 g/mol. The number of halogens is 3. The van der Waals surface area contributed by atoms with Crippen molar-refractivity contribution in [1.82, 2.24) is 14.8 Å². The van der Waals surface area contributed by atoms with E-state index in [0.29, 0.717) is 10.0 Å². The molecule has 118 valence electrons. The summed E-state index contributed by atoms with van der Waals surface area (Å²) in [6.45, 7) is 2.00. The molecule has 0 spiro atoms. The van der Waals surface area contributed by atoms with Gasteiger partial charge in [-0.2, -0.15) is 5.10 Å². The highest BCUT2D eigenvalue weighted by molar-refractivity contribution is 6.31. The Hall–Kier alpha value is -1.55. The number of rotatable bonds is 4. The summed E-state index contributed by atoms with van der Waals surface area (Å²) in [6.07, 6.45) is 3.16. The van der Waals surface area contributed by atoms with Crippen LogP contribution in [0.5, 0.6) is 0 Å². The Morgan fingerprint density at radius 3 is 1.78 bits per heavy atom. The van der Waals surface area contributed by atoms with Crippen molar-refractivity contribution in [3.8, 4) is 0 Å². The second kappa shape index (κ2) is 6.52. The fourth-order valence-electron chi connectivity index (χ4n) is 2.63. The molecule has 2 aromatic carbocycles. The highest BCUT2D eigenvalue weighted by atomic mass is 35.5. The highest BCUT2D eigenvalue weighted by Gasteiger charge is 2.39. The minimum atomic E-state index is -0.830. The van der Waals surface area contributed by atoms with Gasteiger partial charge in [-0.05, 0) is 42.3 Å². The van der Waals surface area contributed by atoms with E-state index >= 15 is 0 Å². The maximum absolute atomic E-state index is 7.16. The van der Waals surface area contributed by atoms with Crippen molar-refractivity contribution in [2.45, 2.75) is 17.8 Å². The predicted molar refractivity (Wildman–Crippen MR) is 94.3 cm³/mol. The van der Waals surface area contributed by atoms with Crippen LogP contribution in [-0.2, 0) is 4.87 Å². The van der Waals surface area contributed by atoms with E-state index in [2.05, 4.69) is 10.1 Å². The van der Waals surface area contributed by atoms with Crippen molar-refractivity contribution in [1.29, 1.82) is 0 Å². The van der Waals surface area contributed by atoms with E-state index in [1.807, 2.05) is 55.5 Å². The number of hydrogen-bond acceptors (Lipinski definition) is 2. The first-order valence-corrected chi connectivity index (χ1v) is 8.20. The summed E-state index contributed by atoms with van der Waals surface area (Å²) in [4.78, 5) is 3.19. The maximum atomic E-state index is 7.16. The molecule has 0 amide bonds. The normalized spacial score (nSPS) is 13.0. The van der Waals surface area contributed by atoms with E-state index in [-0.39, 0.29) is 6.04 Å². The number of aromatic nitrogens is 3. The van der Waals surface area contributed by atoms with Crippen LogP contribution in [0.3, 0.4) is 0 Å². The molecule has 0 aliphatic rings. The van der Waals surface area contributed by atoms with Crippen LogP contribution in [-0.4, -0.2) is 14.8 Å². The first-order valence-electron chi connectivity index (χ1n) is 7.07. The van der Waals surface area contributed by atoms with Crippen molar-refractivity contribution in [3.63, 3.8) is 0 Å². The molecule has 3 rings (SSSR count). The molecular weight excluding hydrogens is 353 g/mol. The Labute approximate surface area is 149 Å². The van der Waals surface area contributed by atoms with E-state index in [1.165, 1.54) is 6.33 Å². The quantitative estimate of drug-likeness (QED) is 0.584. The number of benzene rings is 2. The van der Waals surface area contributed by atoms with Crippen LogP contribution in [0.1, 0.15) is 24.1 Å². The van der Waals surface area contributed by atoms with Gasteiger partial charge in [0, 0.05) is 10.0 Å². The molecule has 1 unspecified atom stereocenters. The molecule has 3 nitrogen and oxygen atoms in total. The van der Waals surface area contributed by atoms with Crippen LogP contribution in [0, 0.1) is 0 Å². The fraction of sp³-hybridized carbons (Fsp3) is 0.176. The van der Waals surface area contributed by atoms with Crippen molar-refractivity contribution in [2.24, 2.45) is 0 Å². The van der Waals surface area contributed by atoms with Gasteiger partial charge in [0.1, 0.15) is 17.5 Å². The van der Waals surface area contributed by atoms with Gasteiger partial charge in [-0.25, -0.2) is 9.67 Å². The number of nitrogens with zero attached hydrogens (tertiary/aromatic N) is 3. The lowest BCUT2D eigenvalue weighted by molar-refractivity contribution is 0.407. The van der Waals surface area contributed by atoms with Crippen LogP contribution in [0.25, 0.3) is 0 Å². The second-order valence-electron chi connectivity index (χ2n) is 5.28. The molecule has 0 saturated heterocycles. The smallest absolute Gasteiger partial charge is 0.137 e. The van der Waals surface area contributed by atoms with Gasteiger partial charge in [0.05, 0.1) is 6.04 Å². The van der Waals surface area contributed by atoms with Crippen molar-refractivity contribution in [2.75, 3.05) is 0 Å². The third kappa shape index (κ3) is 3.09. The minimum Gasteiger partial charge on any atom is -0.248 e. The van der Waals surface area contributed by atoms with E-state index < -0.39 is 4.87 Å². The zero-order chi connectivity index (χ0) is 16.4. The maximum Gasteiger partial charge on any atom is 0.137 e. The topological polar surface area (TPSA) is 30.7 Å². The largest absolute Gasteiger partial charge is 0.248 e. The Morgan fingerprint density at radius 1 is 0.913 bits per heavy atom. The molecule has 1 aromatic heterocycles. The second-order valence-corrected chi connectivity index (χ2v) is 6.75. The predicted octanol–water partition coefficient (Wildman–Crippen LogP) is 5.33. The summed E-state index contributed by atoms with van der Waals surface area (Å²) in [5, 5.41) is 5.57. The molecule has 23 heavy (non-hydrogen) atoms. The third-order valence-corrected chi connectivity index (χ3v) is 5.19. The summed E-state index contributed by atoms with van der Waals surface area (Å²) in [5.41, 5.74) is 1.85. The van der Waals surface area contributed by atoms with Gasteiger partial charge in [-0.15, -0.1) is 11.6 Å². The summed E-state index contributed by atoms with van der Waals surface area (Å²) in [5.74, 6) is 0. The minimum absolute atomic E-state index is 0.172. The van der Waals surface area contributed by atoms with Gasteiger partial charge in [0.2, 0.25) is 0 Å². The Bertz CT molecular complexity index is 722. The molecule has 0 saturated carbocycles. The molecular formula is C17H14Cl3N3. The molecule has 0 bridgehead atoms. The summed E-state index contributed by atoms with van der Waals surface area (Å²) >= 11 is 19.2. The molecule has 3 aromatic rings. The van der Waals surface area contributed by atoms with Gasteiger partial charge < -0.3 is 0 Å². The van der Waals surface area contributed by atoms with E-state index in [9.17, 15) is 0 Å². The molecule has 1 heterocycles. The van der Waals surface area contributed by atoms with E-state index in [0.717, 1.165) is 11.1 Å². The summed E-state index contributed by atoms with van der Waals surface area (Å²) in [7, 11) is 0. The van der Waals surface area contributed by atoms with Gasteiger partial charge in [0.15, 0.2) is 0 Å². The molecule has 0 aliphatic heterocycles. The van der Waals surface area contributed by atoms with Crippen LogP contribution < -0.4 is 0 Å². The molecule has 0 radical (unpaired) electrons. The molecule has 0 aliphatic carbocycles.